The molecular weight excluding hydrogens is 224 g/mol. The number of fused-ring (bicyclic) bond motifs is 1. The fourth-order valence-electron chi connectivity index (χ4n) is 1.98. The maximum absolute atomic E-state index is 12.2. The van der Waals surface area contributed by atoms with Crippen molar-refractivity contribution in [3.05, 3.63) is 47.5 Å². The summed E-state index contributed by atoms with van der Waals surface area (Å²) in [5.41, 5.74) is 1.33. The maximum Gasteiger partial charge on any atom is 0.339 e. The molecule has 0 fully saturated rings. The number of hydrogen-bond donors (Lipinski definition) is 0. The third kappa shape index (κ3) is 2.53. The Morgan fingerprint density at radius 1 is 1.00 bits per heavy atom. The summed E-state index contributed by atoms with van der Waals surface area (Å²) in [6.45, 7) is 7.67. The van der Waals surface area contributed by atoms with Gasteiger partial charge in [0.25, 0.3) is 0 Å². The third-order valence-electron chi connectivity index (χ3n) is 2.76. The van der Waals surface area contributed by atoms with E-state index in [9.17, 15) is 4.79 Å². The summed E-state index contributed by atoms with van der Waals surface area (Å²) < 4.78 is 5.43. The molecule has 0 saturated carbocycles. The van der Waals surface area contributed by atoms with Crippen LogP contribution in [0.4, 0.5) is 0 Å². The van der Waals surface area contributed by atoms with Crippen LogP contribution >= 0.6 is 0 Å². The first-order valence-electron chi connectivity index (χ1n) is 6.10. The monoisotopic (exact) mass is 242 g/mol. The Labute approximate surface area is 108 Å². The van der Waals surface area contributed by atoms with Gasteiger partial charge < -0.3 is 4.74 Å². The fraction of sp³-hybridized carbons (Fsp3) is 0.312. The molecule has 94 valence electrons. The lowest BCUT2D eigenvalue weighted by molar-refractivity contribution is 0.00719. The SMILES string of the molecule is Cc1cccc2c(C(=O)OC(C)(C)C)cccc12. The van der Waals surface area contributed by atoms with Crippen LogP contribution in [0.2, 0.25) is 0 Å². The highest BCUT2D eigenvalue weighted by Crippen LogP contribution is 2.23. The largest absolute Gasteiger partial charge is 0.456 e. The number of esters is 1. The second kappa shape index (κ2) is 4.45. The average Bonchev–Trinajstić information content (AvgIpc) is 2.26. The molecule has 0 bridgehead atoms. The van der Waals surface area contributed by atoms with E-state index in [1.165, 1.54) is 0 Å². The van der Waals surface area contributed by atoms with E-state index in [4.69, 9.17) is 4.74 Å². The molecule has 2 heteroatoms. The highest BCUT2D eigenvalue weighted by molar-refractivity contribution is 6.05. The summed E-state index contributed by atoms with van der Waals surface area (Å²) in [7, 11) is 0. The molecule has 18 heavy (non-hydrogen) atoms. The Balaban J connectivity index is 2.52. The van der Waals surface area contributed by atoms with E-state index < -0.39 is 5.60 Å². The Morgan fingerprint density at radius 3 is 2.28 bits per heavy atom. The lowest BCUT2D eigenvalue weighted by Crippen LogP contribution is -2.24. The van der Waals surface area contributed by atoms with Crippen molar-refractivity contribution in [1.29, 1.82) is 0 Å². The Kier molecular flexibility index (Phi) is 3.12. The van der Waals surface area contributed by atoms with Crippen LogP contribution in [0.15, 0.2) is 36.4 Å². The molecule has 0 radical (unpaired) electrons. The lowest BCUT2D eigenvalue weighted by atomic mass is 10.0. The first-order valence-corrected chi connectivity index (χ1v) is 6.10. The maximum atomic E-state index is 12.2. The van der Waals surface area contributed by atoms with Gasteiger partial charge in [0.15, 0.2) is 0 Å². The number of hydrogen-bond acceptors (Lipinski definition) is 2. The summed E-state index contributed by atoms with van der Waals surface area (Å²) in [4.78, 5) is 12.2. The van der Waals surface area contributed by atoms with Gasteiger partial charge in [-0.3, -0.25) is 0 Å². The second-order valence-corrected chi connectivity index (χ2v) is 5.48. The number of benzene rings is 2. The first kappa shape index (κ1) is 12.6. The van der Waals surface area contributed by atoms with Crippen LogP contribution in [0.5, 0.6) is 0 Å². The van der Waals surface area contributed by atoms with E-state index in [0.717, 1.165) is 16.3 Å². The van der Waals surface area contributed by atoms with Gasteiger partial charge in [0, 0.05) is 0 Å². The lowest BCUT2D eigenvalue weighted by Gasteiger charge is -2.20. The van der Waals surface area contributed by atoms with Gasteiger partial charge in [0.2, 0.25) is 0 Å². The highest BCUT2D eigenvalue weighted by Gasteiger charge is 2.19. The molecule has 0 atom stereocenters. The van der Waals surface area contributed by atoms with Gasteiger partial charge in [0.05, 0.1) is 5.56 Å². The minimum atomic E-state index is -0.469. The van der Waals surface area contributed by atoms with E-state index >= 15 is 0 Å². The molecule has 0 unspecified atom stereocenters. The molecule has 0 spiro atoms. The molecule has 2 aromatic rings. The van der Waals surface area contributed by atoms with E-state index in [-0.39, 0.29) is 5.97 Å². The highest BCUT2D eigenvalue weighted by atomic mass is 16.6. The van der Waals surface area contributed by atoms with Crippen molar-refractivity contribution in [3.63, 3.8) is 0 Å². The van der Waals surface area contributed by atoms with Gasteiger partial charge in [-0.15, -0.1) is 0 Å². The smallest absolute Gasteiger partial charge is 0.339 e. The molecule has 2 rings (SSSR count). The number of carbonyl (C=O) groups excluding carboxylic acids is 1. The number of aryl methyl sites for hydroxylation is 1. The normalized spacial score (nSPS) is 11.6. The molecule has 0 aliphatic carbocycles. The zero-order valence-electron chi connectivity index (χ0n) is 11.3. The Morgan fingerprint density at radius 2 is 1.61 bits per heavy atom. The van der Waals surface area contributed by atoms with Crippen molar-refractivity contribution in [1.82, 2.24) is 0 Å². The molecular formula is C16H18O2. The summed E-state index contributed by atoms with van der Waals surface area (Å²) in [6.07, 6.45) is 0. The van der Waals surface area contributed by atoms with Crippen LogP contribution in [-0.2, 0) is 4.74 Å². The second-order valence-electron chi connectivity index (χ2n) is 5.48. The van der Waals surface area contributed by atoms with Crippen molar-refractivity contribution >= 4 is 16.7 Å². The van der Waals surface area contributed by atoms with Gasteiger partial charge in [0.1, 0.15) is 5.60 Å². The zero-order chi connectivity index (χ0) is 13.3. The summed E-state index contributed by atoms with van der Waals surface area (Å²) >= 11 is 0. The molecule has 0 amide bonds. The van der Waals surface area contributed by atoms with Gasteiger partial charge in [-0.25, -0.2) is 4.79 Å². The van der Waals surface area contributed by atoms with Crippen LogP contribution < -0.4 is 0 Å². The van der Waals surface area contributed by atoms with Crippen molar-refractivity contribution in [2.45, 2.75) is 33.3 Å². The standard InChI is InChI=1S/C16H18O2/c1-11-7-5-9-13-12(11)8-6-10-14(13)15(17)18-16(2,3)4/h5-10H,1-4H3. The van der Waals surface area contributed by atoms with Gasteiger partial charge in [-0.05, 0) is 50.1 Å². The van der Waals surface area contributed by atoms with Crippen LogP contribution in [0.1, 0.15) is 36.7 Å². The third-order valence-corrected chi connectivity index (χ3v) is 2.76. The van der Waals surface area contributed by atoms with Gasteiger partial charge in [-0.2, -0.15) is 0 Å². The van der Waals surface area contributed by atoms with E-state index in [2.05, 4.69) is 0 Å². The summed E-state index contributed by atoms with van der Waals surface area (Å²) in [5.74, 6) is -0.265. The molecule has 0 aliphatic rings. The fourth-order valence-corrected chi connectivity index (χ4v) is 1.98. The molecule has 0 N–H and O–H groups in total. The van der Waals surface area contributed by atoms with Gasteiger partial charge >= 0.3 is 5.97 Å². The van der Waals surface area contributed by atoms with Crippen LogP contribution in [0.3, 0.4) is 0 Å². The number of ether oxygens (including phenoxy) is 1. The zero-order valence-corrected chi connectivity index (χ0v) is 11.3. The molecule has 2 nitrogen and oxygen atoms in total. The van der Waals surface area contributed by atoms with E-state index in [0.29, 0.717) is 5.56 Å². The quantitative estimate of drug-likeness (QED) is 0.704. The Bertz CT molecular complexity index is 592. The number of carbonyl (C=O) groups is 1. The molecule has 0 saturated heterocycles. The molecule has 0 aliphatic heterocycles. The minimum absolute atomic E-state index is 0.265. The average molecular weight is 242 g/mol. The van der Waals surface area contributed by atoms with Crippen molar-refractivity contribution in [2.24, 2.45) is 0 Å². The molecule has 2 aromatic carbocycles. The van der Waals surface area contributed by atoms with E-state index in [1.807, 2.05) is 64.1 Å². The number of rotatable bonds is 1. The minimum Gasteiger partial charge on any atom is -0.456 e. The van der Waals surface area contributed by atoms with Crippen LogP contribution in [0, 0.1) is 6.92 Å². The molecule has 0 aromatic heterocycles. The van der Waals surface area contributed by atoms with Crippen molar-refractivity contribution < 1.29 is 9.53 Å². The van der Waals surface area contributed by atoms with Gasteiger partial charge in [-0.1, -0.05) is 30.3 Å². The predicted molar refractivity (Wildman–Crippen MR) is 73.9 cm³/mol. The van der Waals surface area contributed by atoms with Crippen LogP contribution in [0.25, 0.3) is 10.8 Å². The Hall–Kier alpha value is -1.83. The van der Waals surface area contributed by atoms with Crippen LogP contribution in [-0.4, -0.2) is 11.6 Å². The van der Waals surface area contributed by atoms with Crippen molar-refractivity contribution in [2.75, 3.05) is 0 Å². The van der Waals surface area contributed by atoms with Crippen molar-refractivity contribution in [3.8, 4) is 0 Å². The molecule has 0 heterocycles. The predicted octanol–water partition coefficient (Wildman–Crippen LogP) is 4.10. The topological polar surface area (TPSA) is 26.3 Å². The first-order chi connectivity index (χ1) is 8.38. The van der Waals surface area contributed by atoms with E-state index in [1.54, 1.807) is 0 Å². The summed E-state index contributed by atoms with van der Waals surface area (Å²) in [6, 6.07) is 11.7. The summed E-state index contributed by atoms with van der Waals surface area (Å²) in [5, 5.41) is 2.05.